The van der Waals surface area contributed by atoms with E-state index in [0.29, 0.717) is 5.88 Å². The van der Waals surface area contributed by atoms with Crippen LogP contribution in [0.4, 0.5) is 5.82 Å². The van der Waals surface area contributed by atoms with Crippen LogP contribution in [0.1, 0.15) is 10.4 Å². The second-order valence-electron chi connectivity index (χ2n) is 5.04. The lowest BCUT2D eigenvalue weighted by atomic mass is 10.1. The third kappa shape index (κ3) is 3.20. The normalized spacial score (nSPS) is 11.0. The number of nitrogens with zero attached hydrogens (tertiary/aromatic N) is 2. The molecule has 2 heterocycles. The predicted octanol–water partition coefficient (Wildman–Crippen LogP) is 4.71. The van der Waals surface area contributed by atoms with Crippen molar-refractivity contribution in [3.63, 3.8) is 0 Å². The molecule has 0 amide bonds. The molecule has 4 heteroatoms. The maximum atomic E-state index is 6.10. The molecule has 0 N–H and O–H groups in total. The van der Waals surface area contributed by atoms with Gasteiger partial charge in [-0.2, -0.15) is 0 Å². The average molecular weight is 317 g/mol. The highest BCUT2D eigenvalue weighted by atomic mass is 35.5. The molecule has 0 aliphatic heterocycles. The minimum absolute atomic E-state index is 0.509. The summed E-state index contributed by atoms with van der Waals surface area (Å²) in [6.45, 7) is 0.952. The van der Waals surface area contributed by atoms with Crippen LogP contribution in [0.2, 0.25) is 0 Å². The largest absolute Gasteiger partial charge is 0.359 e. The second-order valence-corrected chi connectivity index (χ2v) is 6.34. The Hall–Kier alpha value is -1.58. The number of anilines is 1. The van der Waals surface area contributed by atoms with Crippen LogP contribution in [0.5, 0.6) is 0 Å². The highest BCUT2D eigenvalue weighted by Crippen LogP contribution is 2.24. The number of para-hydroxylation sites is 1. The number of benzene rings is 1. The van der Waals surface area contributed by atoms with Crippen molar-refractivity contribution >= 4 is 39.7 Å². The maximum absolute atomic E-state index is 6.10. The van der Waals surface area contributed by atoms with E-state index in [-0.39, 0.29) is 0 Å². The van der Waals surface area contributed by atoms with Crippen LogP contribution in [-0.2, 0) is 12.3 Å². The van der Waals surface area contributed by atoms with E-state index in [2.05, 4.69) is 41.6 Å². The predicted molar refractivity (Wildman–Crippen MR) is 92.6 cm³/mol. The molecule has 0 radical (unpaired) electrons. The van der Waals surface area contributed by atoms with Crippen molar-refractivity contribution in [1.29, 1.82) is 0 Å². The summed E-state index contributed by atoms with van der Waals surface area (Å²) in [5, 5.41) is 3.26. The van der Waals surface area contributed by atoms with E-state index in [1.165, 1.54) is 4.88 Å². The van der Waals surface area contributed by atoms with Gasteiger partial charge in [0.05, 0.1) is 5.52 Å². The Labute approximate surface area is 134 Å². The van der Waals surface area contributed by atoms with E-state index in [1.807, 2.05) is 18.2 Å². The summed E-state index contributed by atoms with van der Waals surface area (Å²) in [6.07, 6.45) is 1.04. The summed E-state index contributed by atoms with van der Waals surface area (Å²) in [4.78, 5) is 8.35. The summed E-state index contributed by atoms with van der Waals surface area (Å²) < 4.78 is 0. The van der Waals surface area contributed by atoms with Crippen molar-refractivity contribution in [2.24, 2.45) is 0 Å². The quantitative estimate of drug-likeness (QED) is 0.633. The third-order valence-electron chi connectivity index (χ3n) is 3.60. The van der Waals surface area contributed by atoms with Gasteiger partial charge in [-0.15, -0.1) is 22.9 Å². The van der Waals surface area contributed by atoms with E-state index in [0.717, 1.165) is 35.2 Å². The monoisotopic (exact) mass is 316 g/mol. The SMILES string of the molecule is CN(CCc1cccs1)c1cc(CCl)c2ccccc2n1. The molecule has 108 valence electrons. The molecule has 0 fully saturated rings. The first kappa shape index (κ1) is 14.4. The van der Waals surface area contributed by atoms with Crippen LogP contribution in [0.15, 0.2) is 47.8 Å². The fraction of sp³-hybridized carbons (Fsp3) is 0.235. The number of fused-ring (bicyclic) bond motifs is 1. The fourth-order valence-electron chi connectivity index (χ4n) is 2.39. The number of hydrogen-bond donors (Lipinski definition) is 0. The lowest BCUT2D eigenvalue weighted by Crippen LogP contribution is -2.21. The summed E-state index contributed by atoms with van der Waals surface area (Å²) in [7, 11) is 2.09. The van der Waals surface area contributed by atoms with E-state index in [4.69, 9.17) is 16.6 Å². The summed E-state index contributed by atoms with van der Waals surface area (Å²) in [5.41, 5.74) is 2.15. The number of halogens is 1. The van der Waals surface area contributed by atoms with Crippen LogP contribution >= 0.6 is 22.9 Å². The minimum Gasteiger partial charge on any atom is -0.359 e. The smallest absolute Gasteiger partial charge is 0.129 e. The van der Waals surface area contributed by atoms with Crippen molar-refractivity contribution in [2.75, 3.05) is 18.5 Å². The van der Waals surface area contributed by atoms with E-state index < -0.39 is 0 Å². The Morgan fingerprint density at radius 2 is 2.05 bits per heavy atom. The number of hydrogen-bond acceptors (Lipinski definition) is 3. The Morgan fingerprint density at radius 1 is 1.19 bits per heavy atom. The number of thiophene rings is 1. The molecule has 1 aromatic carbocycles. The van der Waals surface area contributed by atoms with E-state index in [9.17, 15) is 0 Å². The maximum Gasteiger partial charge on any atom is 0.129 e. The highest BCUT2D eigenvalue weighted by Gasteiger charge is 2.08. The molecule has 0 aliphatic carbocycles. The molecule has 3 rings (SSSR count). The molecule has 0 unspecified atom stereocenters. The van der Waals surface area contributed by atoms with Gasteiger partial charge in [-0.3, -0.25) is 0 Å². The first-order valence-corrected chi connectivity index (χ1v) is 8.37. The Balaban J connectivity index is 1.85. The van der Waals surface area contributed by atoms with Crippen molar-refractivity contribution in [3.8, 4) is 0 Å². The van der Waals surface area contributed by atoms with E-state index >= 15 is 0 Å². The molecule has 0 bridgehead atoms. The van der Waals surface area contributed by atoms with Gasteiger partial charge >= 0.3 is 0 Å². The van der Waals surface area contributed by atoms with Gasteiger partial charge in [-0.25, -0.2) is 4.98 Å². The molecular weight excluding hydrogens is 300 g/mol. The Kier molecular flexibility index (Phi) is 4.42. The van der Waals surface area contributed by atoms with Crippen molar-refractivity contribution in [3.05, 3.63) is 58.3 Å². The van der Waals surface area contributed by atoms with Crippen molar-refractivity contribution in [2.45, 2.75) is 12.3 Å². The second kappa shape index (κ2) is 6.46. The molecule has 0 saturated heterocycles. The van der Waals surface area contributed by atoms with Gasteiger partial charge < -0.3 is 4.90 Å². The number of alkyl halides is 1. The van der Waals surface area contributed by atoms with Gasteiger partial charge in [0.1, 0.15) is 5.82 Å². The summed E-state index contributed by atoms with van der Waals surface area (Å²) in [6, 6.07) is 14.5. The van der Waals surface area contributed by atoms with Crippen molar-refractivity contribution in [1.82, 2.24) is 4.98 Å². The zero-order valence-electron chi connectivity index (χ0n) is 11.9. The fourth-order valence-corrected chi connectivity index (χ4v) is 3.30. The lowest BCUT2D eigenvalue weighted by Gasteiger charge is -2.19. The van der Waals surface area contributed by atoms with Crippen LogP contribution < -0.4 is 4.90 Å². The summed E-state index contributed by atoms with van der Waals surface area (Å²) in [5.74, 6) is 1.50. The van der Waals surface area contributed by atoms with Gasteiger partial charge in [0.25, 0.3) is 0 Å². The molecule has 0 aliphatic rings. The molecule has 3 aromatic rings. The Morgan fingerprint density at radius 3 is 2.81 bits per heavy atom. The number of pyridine rings is 1. The summed E-state index contributed by atoms with van der Waals surface area (Å²) >= 11 is 7.90. The number of rotatable bonds is 5. The molecule has 2 aromatic heterocycles. The van der Waals surface area contributed by atoms with Crippen molar-refractivity contribution < 1.29 is 0 Å². The molecule has 2 nitrogen and oxygen atoms in total. The molecular formula is C17H17ClN2S. The first-order chi connectivity index (χ1) is 10.3. The van der Waals surface area contributed by atoms with Gasteiger partial charge in [-0.1, -0.05) is 24.3 Å². The topological polar surface area (TPSA) is 16.1 Å². The first-order valence-electron chi connectivity index (χ1n) is 6.96. The molecule has 0 saturated carbocycles. The van der Waals surface area contributed by atoms with E-state index in [1.54, 1.807) is 11.3 Å². The van der Waals surface area contributed by atoms with Crippen LogP contribution in [-0.4, -0.2) is 18.6 Å². The van der Waals surface area contributed by atoms with Gasteiger partial charge in [0, 0.05) is 29.7 Å². The Bertz CT molecular complexity index is 725. The average Bonchev–Trinajstić information content (AvgIpc) is 3.04. The van der Waals surface area contributed by atoms with Crippen LogP contribution in [0.3, 0.4) is 0 Å². The highest BCUT2D eigenvalue weighted by molar-refractivity contribution is 7.09. The zero-order chi connectivity index (χ0) is 14.7. The third-order valence-corrected chi connectivity index (χ3v) is 4.82. The zero-order valence-corrected chi connectivity index (χ0v) is 13.5. The minimum atomic E-state index is 0.509. The number of likely N-dealkylation sites (N-methyl/N-ethyl adjacent to an activating group) is 1. The number of aromatic nitrogens is 1. The van der Waals surface area contributed by atoms with Gasteiger partial charge in [0.2, 0.25) is 0 Å². The van der Waals surface area contributed by atoms with Crippen LogP contribution in [0.25, 0.3) is 10.9 Å². The van der Waals surface area contributed by atoms with Crippen LogP contribution in [0, 0.1) is 0 Å². The molecule has 0 atom stereocenters. The molecule has 0 spiro atoms. The van der Waals surface area contributed by atoms with Gasteiger partial charge in [-0.05, 0) is 35.6 Å². The standard InChI is InChI=1S/C17H17ClN2S/c1-20(9-8-14-5-4-10-21-14)17-11-13(12-18)15-6-2-3-7-16(15)19-17/h2-7,10-11H,8-9,12H2,1H3. The van der Waals surface area contributed by atoms with Gasteiger partial charge in [0.15, 0.2) is 0 Å². The molecule has 21 heavy (non-hydrogen) atoms. The lowest BCUT2D eigenvalue weighted by molar-refractivity contribution is 0.871.